The summed E-state index contributed by atoms with van der Waals surface area (Å²) in [5.74, 6) is -0.337. The van der Waals surface area contributed by atoms with Gasteiger partial charge in [-0.15, -0.1) is 0 Å². The van der Waals surface area contributed by atoms with Gasteiger partial charge in [0.15, 0.2) is 11.5 Å². The largest absolute Gasteiger partial charge is 0.503 e. The fourth-order valence-corrected chi connectivity index (χ4v) is 1.49. The normalized spacial score (nSPS) is 14.0. The van der Waals surface area contributed by atoms with Crippen LogP contribution in [-0.2, 0) is 0 Å². The highest BCUT2D eigenvalue weighted by molar-refractivity contribution is 5.96. The van der Waals surface area contributed by atoms with Gasteiger partial charge in [0, 0.05) is 0 Å². The van der Waals surface area contributed by atoms with Crippen LogP contribution in [0.3, 0.4) is 0 Å². The Bertz CT molecular complexity index is 525. The van der Waals surface area contributed by atoms with Gasteiger partial charge in [0.1, 0.15) is 11.4 Å². The SMILES string of the molecule is OC1=C(O)c2nc3ccccc3nc21. The van der Waals surface area contributed by atoms with Gasteiger partial charge in [-0.25, -0.2) is 9.97 Å². The molecule has 3 rings (SSSR count). The van der Waals surface area contributed by atoms with Crippen LogP contribution < -0.4 is 0 Å². The average Bonchev–Trinajstić information content (AvgIpc) is 2.26. The quantitative estimate of drug-likeness (QED) is 0.659. The molecule has 0 saturated heterocycles. The molecule has 0 atom stereocenters. The molecule has 2 N–H and O–H groups in total. The number of rotatable bonds is 0. The lowest BCUT2D eigenvalue weighted by Gasteiger charge is -2.16. The van der Waals surface area contributed by atoms with Crippen molar-refractivity contribution in [2.24, 2.45) is 0 Å². The maximum atomic E-state index is 9.26. The third-order valence-electron chi connectivity index (χ3n) is 2.24. The second kappa shape index (κ2) is 2.23. The van der Waals surface area contributed by atoms with E-state index in [4.69, 9.17) is 0 Å². The van der Waals surface area contributed by atoms with Gasteiger partial charge in [-0.2, -0.15) is 0 Å². The monoisotopic (exact) mass is 186 g/mol. The molecule has 1 aliphatic rings. The Balaban J connectivity index is 2.37. The van der Waals surface area contributed by atoms with Gasteiger partial charge in [-0.1, -0.05) is 12.1 Å². The number of aliphatic hydroxyl groups is 2. The number of fused-ring (bicyclic) bond motifs is 2. The third kappa shape index (κ3) is 0.724. The Labute approximate surface area is 79.2 Å². The molecule has 4 nitrogen and oxygen atoms in total. The zero-order chi connectivity index (χ0) is 9.71. The fraction of sp³-hybridized carbons (Fsp3) is 0. The van der Waals surface area contributed by atoms with Crippen molar-refractivity contribution in [1.82, 2.24) is 9.97 Å². The number of para-hydroxylation sites is 2. The Morgan fingerprint density at radius 2 is 1.21 bits per heavy atom. The summed E-state index contributed by atoms with van der Waals surface area (Å²) in [7, 11) is 0. The Morgan fingerprint density at radius 1 is 0.786 bits per heavy atom. The van der Waals surface area contributed by atoms with Crippen LogP contribution in [0.15, 0.2) is 24.3 Å². The molecule has 0 fully saturated rings. The van der Waals surface area contributed by atoms with Crippen LogP contribution in [0.4, 0.5) is 0 Å². The molecule has 0 unspecified atom stereocenters. The summed E-state index contributed by atoms with van der Waals surface area (Å²) in [6, 6.07) is 7.32. The second-order valence-corrected chi connectivity index (χ2v) is 3.11. The van der Waals surface area contributed by atoms with E-state index < -0.39 is 0 Å². The molecular formula is C10H6N2O2. The fourth-order valence-electron chi connectivity index (χ4n) is 1.49. The van der Waals surface area contributed by atoms with Gasteiger partial charge in [-0.3, -0.25) is 0 Å². The number of hydrogen-bond donors (Lipinski definition) is 2. The van der Waals surface area contributed by atoms with E-state index in [1.165, 1.54) is 0 Å². The summed E-state index contributed by atoms with van der Waals surface area (Å²) < 4.78 is 0. The van der Waals surface area contributed by atoms with Crippen molar-refractivity contribution >= 4 is 22.6 Å². The number of aliphatic hydroxyl groups excluding tert-OH is 2. The predicted octanol–water partition coefficient (Wildman–Crippen LogP) is 1.89. The summed E-state index contributed by atoms with van der Waals surface area (Å²) in [5, 5.41) is 18.5. The first-order valence-corrected chi connectivity index (χ1v) is 4.17. The first-order valence-electron chi connectivity index (χ1n) is 4.17. The standard InChI is InChI=1S/C10H6N2O2/c13-9-7-8(10(9)14)12-6-4-2-1-3-5(6)11-7/h1-4,13-14H. The maximum Gasteiger partial charge on any atom is 0.188 e. The van der Waals surface area contributed by atoms with Crippen molar-refractivity contribution < 1.29 is 10.2 Å². The number of nitrogens with zero attached hydrogens (tertiary/aromatic N) is 2. The van der Waals surface area contributed by atoms with Crippen LogP contribution in [0.1, 0.15) is 11.4 Å². The summed E-state index contributed by atoms with van der Waals surface area (Å²) in [5.41, 5.74) is 2.18. The molecule has 1 aromatic carbocycles. The molecule has 14 heavy (non-hydrogen) atoms. The molecule has 0 saturated carbocycles. The lowest BCUT2D eigenvalue weighted by molar-refractivity contribution is 0.440. The van der Waals surface area contributed by atoms with Gasteiger partial charge in [0.2, 0.25) is 0 Å². The number of benzene rings is 1. The van der Waals surface area contributed by atoms with E-state index in [9.17, 15) is 10.2 Å². The highest BCUT2D eigenvalue weighted by Gasteiger charge is 2.29. The van der Waals surface area contributed by atoms with E-state index in [0.717, 1.165) is 0 Å². The van der Waals surface area contributed by atoms with Gasteiger partial charge < -0.3 is 10.2 Å². The highest BCUT2D eigenvalue weighted by atomic mass is 16.3. The third-order valence-corrected chi connectivity index (χ3v) is 2.24. The minimum absolute atomic E-state index is 0.168. The molecular weight excluding hydrogens is 180 g/mol. The van der Waals surface area contributed by atoms with Crippen molar-refractivity contribution in [2.45, 2.75) is 0 Å². The van der Waals surface area contributed by atoms with Gasteiger partial charge in [0.25, 0.3) is 0 Å². The van der Waals surface area contributed by atoms with Gasteiger partial charge in [0.05, 0.1) is 11.0 Å². The lowest BCUT2D eigenvalue weighted by Crippen LogP contribution is -2.11. The molecule has 0 amide bonds. The van der Waals surface area contributed by atoms with Gasteiger partial charge in [-0.05, 0) is 12.1 Å². The van der Waals surface area contributed by atoms with Crippen LogP contribution in [0, 0.1) is 0 Å². The van der Waals surface area contributed by atoms with E-state index in [0.29, 0.717) is 22.4 Å². The van der Waals surface area contributed by atoms with Crippen molar-refractivity contribution in [3.05, 3.63) is 35.7 Å². The average molecular weight is 186 g/mol. The molecule has 1 aliphatic carbocycles. The summed E-state index contributed by atoms with van der Waals surface area (Å²) in [4.78, 5) is 8.33. The molecule has 0 bridgehead atoms. The maximum absolute atomic E-state index is 9.26. The molecule has 68 valence electrons. The highest BCUT2D eigenvalue weighted by Crippen LogP contribution is 2.34. The Kier molecular flexibility index (Phi) is 1.16. The van der Waals surface area contributed by atoms with E-state index in [1.807, 2.05) is 24.3 Å². The first kappa shape index (κ1) is 7.32. The minimum Gasteiger partial charge on any atom is -0.503 e. The molecule has 0 spiro atoms. The van der Waals surface area contributed by atoms with Crippen LogP contribution >= 0.6 is 0 Å². The van der Waals surface area contributed by atoms with Crippen molar-refractivity contribution in [2.75, 3.05) is 0 Å². The number of hydrogen-bond acceptors (Lipinski definition) is 4. The Morgan fingerprint density at radius 3 is 1.64 bits per heavy atom. The molecule has 1 heterocycles. The van der Waals surface area contributed by atoms with Crippen molar-refractivity contribution in [1.29, 1.82) is 0 Å². The van der Waals surface area contributed by atoms with Crippen LogP contribution in [-0.4, -0.2) is 20.2 Å². The molecule has 4 heteroatoms. The lowest BCUT2D eigenvalue weighted by atomic mass is 10.1. The van der Waals surface area contributed by atoms with Crippen molar-refractivity contribution in [3.63, 3.8) is 0 Å². The smallest absolute Gasteiger partial charge is 0.188 e. The molecule has 2 aromatic rings. The topological polar surface area (TPSA) is 66.2 Å². The van der Waals surface area contributed by atoms with Crippen LogP contribution in [0.2, 0.25) is 0 Å². The van der Waals surface area contributed by atoms with E-state index in [2.05, 4.69) is 9.97 Å². The van der Waals surface area contributed by atoms with Crippen LogP contribution in [0.5, 0.6) is 0 Å². The minimum atomic E-state index is -0.168. The van der Waals surface area contributed by atoms with E-state index in [1.54, 1.807) is 0 Å². The van der Waals surface area contributed by atoms with E-state index in [-0.39, 0.29) is 11.5 Å². The van der Waals surface area contributed by atoms with Crippen LogP contribution in [0.25, 0.3) is 22.6 Å². The van der Waals surface area contributed by atoms with Gasteiger partial charge >= 0.3 is 0 Å². The zero-order valence-corrected chi connectivity index (χ0v) is 7.10. The van der Waals surface area contributed by atoms with Crippen molar-refractivity contribution in [3.8, 4) is 0 Å². The Hall–Kier alpha value is -2.10. The predicted molar refractivity (Wildman–Crippen MR) is 51.6 cm³/mol. The summed E-state index contributed by atoms with van der Waals surface area (Å²) in [6.07, 6.45) is 0. The zero-order valence-electron chi connectivity index (χ0n) is 7.10. The second-order valence-electron chi connectivity index (χ2n) is 3.11. The summed E-state index contributed by atoms with van der Waals surface area (Å²) >= 11 is 0. The molecule has 1 aromatic heterocycles. The first-order chi connectivity index (χ1) is 6.77. The van der Waals surface area contributed by atoms with E-state index >= 15 is 0 Å². The number of aromatic nitrogens is 2. The molecule has 0 aliphatic heterocycles. The molecule has 0 radical (unpaired) electrons. The summed E-state index contributed by atoms with van der Waals surface area (Å²) in [6.45, 7) is 0.